The van der Waals surface area contributed by atoms with Gasteiger partial charge in [-0.3, -0.25) is 4.79 Å². The number of carbonyl (C=O) groups is 1. The molecule has 25 heavy (non-hydrogen) atoms. The highest BCUT2D eigenvalue weighted by atomic mass is 35.5. The Bertz CT molecular complexity index is 709. The van der Waals surface area contributed by atoms with Gasteiger partial charge in [0.1, 0.15) is 0 Å². The van der Waals surface area contributed by atoms with E-state index in [0.717, 1.165) is 24.3 Å². The van der Waals surface area contributed by atoms with Crippen molar-refractivity contribution >= 4 is 42.1 Å². The number of nitrogen functional groups attached to an aromatic ring is 1. The number of halogens is 2. The summed E-state index contributed by atoms with van der Waals surface area (Å²) in [5.41, 5.74) is 10.2. The van der Waals surface area contributed by atoms with E-state index < -0.39 is 0 Å². The molecule has 0 radical (unpaired) electrons. The molecule has 3 rings (SSSR count). The molecule has 0 atom stereocenters. The van der Waals surface area contributed by atoms with Crippen LogP contribution in [0.25, 0.3) is 0 Å². The van der Waals surface area contributed by atoms with Gasteiger partial charge in [0, 0.05) is 44.5 Å². The Kier molecular flexibility index (Phi) is 8.07. The van der Waals surface area contributed by atoms with E-state index in [1.165, 1.54) is 11.3 Å². The maximum Gasteiger partial charge on any atom is 0.223 e. The number of nitrogens with two attached hydrogens (primary N) is 1. The summed E-state index contributed by atoms with van der Waals surface area (Å²) in [6, 6.07) is 16.1. The molecule has 0 bridgehead atoms. The van der Waals surface area contributed by atoms with Crippen LogP contribution in [-0.2, 0) is 17.8 Å². The van der Waals surface area contributed by atoms with E-state index in [4.69, 9.17) is 5.73 Å². The number of carbonyl (C=O) groups excluding carboxylic acids is 1. The van der Waals surface area contributed by atoms with Gasteiger partial charge in [0.05, 0.1) is 0 Å². The fraction of sp³-hybridized carbons (Fsp3) is 0.316. The van der Waals surface area contributed by atoms with Crippen molar-refractivity contribution in [1.29, 1.82) is 0 Å². The molecule has 2 aromatic carbocycles. The van der Waals surface area contributed by atoms with Crippen LogP contribution < -0.4 is 10.6 Å². The van der Waals surface area contributed by atoms with Crippen LogP contribution in [0.1, 0.15) is 17.5 Å². The largest absolute Gasteiger partial charge is 0.399 e. The predicted molar refractivity (Wildman–Crippen MR) is 109 cm³/mol. The first-order chi connectivity index (χ1) is 11.1. The Labute approximate surface area is 161 Å². The molecule has 1 aliphatic heterocycles. The number of amides is 1. The number of hydrogen-bond donors (Lipinski definition) is 1. The van der Waals surface area contributed by atoms with Gasteiger partial charge in [0.25, 0.3) is 0 Å². The third-order valence-corrected chi connectivity index (χ3v) is 4.49. The smallest absolute Gasteiger partial charge is 0.223 e. The third kappa shape index (κ3) is 5.03. The minimum absolute atomic E-state index is 0. The lowest BCUT2D eigenvalue weighted by Gasteiger charge is -2.21. The molecule has 0 unspecified atom stereocenters. The summed E-state index contributed by atoms with van der Waals surface area (Å²) in [5, 5.41) is 0. The summed E-state index contributed by atoms with van der Waals surface area (Å²) in [4.78, 5) is 16.8. The lowest BCUT2D eigenvalue weighted by Crippen LogP contribution is -2.34. The zero-order valence-corrected chi connectivity index (χ0v) is 16.0. The van der Waals surface area contributed by atoms with Gasteiger partial charge in [-0.1, -0.05) is 36.4 Å². The minimum atomic E-state index is 0. The van der Waals surface area contributed by atoms with E-state index in [9.17, 15) is 4.79 Å². The summed E-state index contributed by atoms with van der Waals surface area (Å²) in [5.74, 6) is 0.193. The van der Waals surface area contributed by atoms with Crippen LogP contribution in [-0.4, -0.2) is 30.9 Å². The Morgan fingerprint density at radius 2 is 1.72 bits per heavy atom. The molecular weight excluding hydrogens is 357 g/mol. The van der Waals surface area contributed by atoms with Crippen LogP contribution in [0.15, 0.2) is 48.5 Å². The molecule has 1 aliphatic rings. The van der Waals surface area contributed by atoms with Crippen molar-refractivity contribution in [2.24, 2.45) is 0 Å². The van der Waals surface area contributed by atoms with Gasteiger partial charge in [-0.2, -0.15) is 0 Å². The molecular formula is C19H25Cl2N3O. The zero-order chi connectivity index (χ0) is 16.2. The molecule has 2 N–H and O–H groups in total. The highest BCUT2D eigenvalue weighted by Crippen LogP contribution is 2.24. The summed E-state index contributed by atoms with van der Waals surface area (Å²) in [7, 11) is 2.08. The van der Waals surface area contributed by atoms with Crippen LogP contribution in [0.5, 0.6) is 0 Å². The summed E-state index contributed by atoms with van der Waals surface area (Å²) in [6.45, 7) is 2.30. The number of anilines is 2. The monoisotopic (exact) mass is 381 g/mol. The second-order valence-corrected chi connectivity index (χ2v) is 6.06. The number of aryl methyl sites for hydroxylation is 1. The minimum Gasteiger partial charge on any atom is -0.399 e. The molecule has 0 aromatic heterocycles. The lowest BCUT2D eigenvalue weighted by atomic mass is 10.1. The Hall–Kier alpha value is -1.91. The van der Waals surface area contributed by atoms with Crippen LogP contribution in [0, 0.1) is 0 Å². The first-order valence-corrected chi connectivity index (χ1v) is 8.05. The normalized spacial score (nSPS) is 13.2. The molecule has 2 aromatic rings. The number of para-hydroxylation sites is 2. The van der Waals surface area contributed by atoms with Crippen LogP contribution in [0.3, 0.4) is 0 Å². The fourth-order valence-electron chi connectivity index (χ4n) is 3.07. The second-order valence-electron chi connectivity index (χ2n) is 6.06. The highest BCUT2D eigenvalue weighted by Gasteiger charge is 2.20. The van der Waals surface area contributed by atoms with E-state index >= 15 is 0 Å². The summed E-state index contributed by atoms with van der Waals surface area (Å²) < 4.78 is 0. The van der Waals surface area contributed by atoms with Crippen molar-refractivity contribution < 1.29 is 4.79 Å². The Morgan fingerprint density at radius 3 is 2.48 bits per heavy atom. The average molecular weight is 382 g/mol. The number of rotatable bonds is 3. The molecule has 0 saturated carbocycles. The SMILES string of the molecule is CN1CCN(C(=O)CCc2ccccc2N)Cc2ccccc21.Cl.Cl. The van der Waals surface area contributed by atoms with Crippen LogP contribution in [0.4, 0.5) is 11.4 Å². The molecule has 6 heteroatoms. The van der Waals surface area contributed by atoms with E-state index in [-0.39, 0.29) is 30.7 Å². The molecule has 1 heterocycles. The van der Waals surface area contributed by atoms with Gasteiger partial charge in [0.2, 0.25) is 5.91 Å². The Balaban J connectivity index is 0.00000156. The van der Waals surface area contributed by atoms with E-state index in [1.54, 1.807) is 0 Å². The maximum atomic E-state index is 12.6. The maximum absolute atomic E-state index is 12.6. The quantitative estimate of drug-likeness (QED) is 0.827. The third-order valence-electron chi connectivity index (χ3n) is 4.49. The topological polar surface area (TPSA) is 49.6 Å². The first kappa shape index (κ1) is 21.1. The number of likely N-dealkylation sites (N-methyl/N-ethyl adjacent to an activating group) is 1. The lowest BCUT2D eigenvalue weighted by molar-refractivity contribution is -0.131. The molecule has 136 valence electrons. The van der Waals surface area contributed by atoms with E-state index in [1.807, 2.05) is 41.3 Å². The standard InChI is InChI=1S/C19H23N3O.2ClH/c1-21-12-13-22(14-16-7-3-5-9-18(16)21)19(23)11-10-15-6-2-4-8-17(15)20;;/h2-9H,10-14,20H2,1H3;2*1H. The molecule has 1 amide bonds. The van der Waals surface area contributed by atoms with Crippen LogP contribution >= 0.6 is 24.8 Å². The van der Waals surface area contributed by atoms with Crippen molar-refractivity contribution in [3.05, 3.63) is 59.7 Å². The average Bonchev–Trinajstić information content (AvgIpc) is 2.74. The van der Waals surface area contributed by atoms with Crippen molar-refractivity contribution in [2.45, 2.75) is 19.4 Å². The molecule has 0 aliphatic carbocycles. The van der Waals surface area contributed by atoms with Crippen molar-refractivity contribution in [2.75, 3.05) is 30.8 Å². The van der Waals surface area contributed by atoms with E-state index in [2.05, 4.69) is 24.1 Å². The van der Waals surface area contributed by atoms with Gasteiger partial charge >= 0.3 is 0 Å². The van der Waals surface area contributed by atoms with Crippen molar-refractivity contribution in [1.82, 2.24) is 4.90 Å². The van der Waals surface area contributed by atoms with Crippen molar-refractivity contribution in [3.8, 4) is 0 Å². The summed E-state index contributed by atoms with van der Waals surface area (Å²) in [6.07, 6.45) is 1.19. The number of fused-ring (bicyclic) bond motifs is 1. The molecule has 0 spiro atoms. The van der Waals surface area contributed by atoms with Gasteiger partial charge in [-0.15, -0.1) is 24.8 Å². The first-order valence-electron chi connectivity index (χ1n) is 8.05. The van der Waals surface area contributed by atoms with Crippen molar-refractivity contribution in [3.63, 3.8) is 0 Å². The second kappa shape index (κ2) is 9.54. The summed E-state index contributed by atoms with van der Waals surface area (Å²) >= 11 is 0. The number of nitrogens with zero attached hydrogens (tertiary/aromatic N) is 2. The highest BCUT2D eigenvalue weighted by molar-refractivity contribution is 5.85. The van der Waals surface area contributed by atoms with Gasteiger partial charge in [-0.25, -0.2) is 0 Å². The van der Waals surface area contributed by atoms with E-state index in [0.29, 0.717) is 19.4 Å². The predicted octanol–water partition coefficient (Wildman–Crippen LogP) is 3.52. The van der Waals surface area contributed by atoms with Gasteiger partial charge in [0.15, 0.2) is 0 Å². The Morgan fingerprint density at radius 1 is 1.04 bits per heavy atom. The number of benzene rings is 2. The number of hydrogen-bond acceptors (Lipinski definition) is 3. The molecule has 0 fully saturated rings. The van der Waals surface area contributed by atoms with Gasteiger partial charge in [-0.05, 0) is 29.7 Å². The molecule has 0 saturated heterocycles. The molecule has 4 nitrogen and oxygen atoms in total. The van der Waals surface area contributed by atoms with Gasteiger partial charge < -0.3 is 15.5 Å². The van der Waals surface area contributed by atoms with Crippen LogP contribution in [0.2, 0.25) is 0 Å². The fourth-order valence-corrected chi connectivity index (χ4v) is 3.07. The zero-order valence-electron chi connectivity index (χ0n) is 14.4.